The number of carbonyl (C=O) groups excluding carboxylic acids is 1. The first-order chi connectivity index (χ1) is 10.7. The average molecular weight is 300 g/mol. The normalized spacial score (nSPS) is 17.8. The molecule has 1 fully saturated rings. The number of aromatic nitrogens is 2. The third-order valence-electron chi connectivity index (χ3n) is 4.27. The summed E-state index contributed by atoms with van der Waals surface area (Å²) in [5.41, 5.74) is 0.591. The highest BCUT2D eigenvalue weighted by Crippen LogP contribution is 2.09. The Morgan fingerprint density at radius 1 is 1.45 bits per heavy atom. The Bertz CT molecular complexity index is 734. The van der Waals surface area contributed by atoms with Crippen molar-refractivity contribution in [1.29, 1.82) is 0 Å². The summed E-state index contributed by atoms with van der Waals surface area (Å²) in [4.78, 5) is 30.7. The number of nitrogens with one attached hydrogen (secondary N) is 1. The standard InChI is InChI=1S/C16H20N4O2/c1-19(12-6-8-17-10-12)15(21)7-9-20-11-18-14-5-3-2-4-13(14)16(20)22/h2-5,11-12,17H,6-10H2,1H3. The van der Waals surface area contributed by atoms with Gasteiger partial charge in [-0.1, -0.05) is 12.1 Å². The van der Waals surface area contributed by atoms with Gasteiger partial charge in [0.1, 0.15) is 0 Å². The molecule has 1 aliphatic rings. The van der Waals surface area contributed by atoms with E-state index in [-0.39, 0.29) is 17.5 Å². The first kappa shape index (κ1) is 14.7. The van der Waals surface area contributed by atoms with Crippen LogP contribution < -0.4 is 10.9 Å². The number of rotatable bonds is 4. The van der Waals surface area contributed by atoms with Crippen molar-refractivity contribution in [3.63, 3.8) is 0 Å². The smallest absolute Gasteiger partial charge is 0.261 e. The number of amides is 1. The molecule has 0 spiro atoms. The van der Waals surface area contributed by atoms with E-state index in [2.05, 4.69) is 10.3 Å². The number of aryl methyl sites for hydroxylation is 1. The first-order valence-electron chi connectivity index (χ1n) is 7.57. The Kier molecular flexibility index (Phi) is 4.20. The first-order valence-corrected chi connectivity index (χ1v) is 7.57. The molecule has 1 amide bonds. The van der Waals surface area contributed by atoms with Crippen LogP contribution in [0.5, 0.6) is 0 Å². The molecule has 6 nitrogen and oxygen atoms in total. The lowest BCUT2D eigenvalue weighted by Crippen LogP contribution is -2.39. The van der Waals surface area contributed by atoms with Gasteiger partial charge >= 0.3 is 0 Å². The van der Waals surface area contributed by atoms with Crippen molar-refractivity contribution in [2.24, 2.45) is 0 Å². The van der Waals surface area contributed by atoms with Crippen molar-refractivity contribution in [2.45, 2.75) is 25.4 Å². The van der Waals surface area contributed by atoms with E-state index in [1.807, 2.05) is 25.2 Å². The maximum absolute atomic E-state index is 12.4. The van der Waals surface area contributed by atoms with Gasteiger partial charge in [-0.2, -0.15) is 0 Å². The summed E-state index contributed by atoms with van der Waals surface area (Å²) >= 11 is 0. The van der Waals surface area contributed by atoms with E-state index in [9.17, 15) is 9.59 Å². The molecule has 0 saturated carbocycles. The van der Waals surface area contributed by atoms with E-state index in [1.165, 1.54) is 10.9 Å². The van der Waals surface area contributed by atoms with E-state index in [4.69, 9.17) is 0 Å². The zero-order chi connectivity index (χ0) is 15.5. The van der Waals surface area contributed by atoms with Gasteiger partial charge in [-0.25, -0.2) is 4.98 Å². The van der Waals surface area contributed by atoms with Gasteiger partial charge in [0.15, 0.2) is 0 Å². The lowest BCUT2D eigenvalue weighted by atomic mass is 10.2. The van der Waals surface area contributed by atoms with Crippen LogP contribution in [0.3, 0.4) is 0 Å². The second kappa shape index (κ2) is 6.27. The summed E-state index contributed by atoms with van der Waals surface area (Å²) in [5, 5.41) is 3.84. The van der Waals surface area contributed by atoms with Crippen LogP contribution in [0.1, 0.15) is 12.8 Å². The lowest BCUT2D eigenvalue weighted by molar-refractivity contribution is -0.131. The van der Waals surface area contributed by atoms with Gasteiger partial charge in [-0.3, -0.25) is 14.2 Å². The Morgan fingerprint density at radius 3 is 3.05 bits per heavy atom. The quantitative estimate of drug-likeness (QED) is 0.898. The molecule has 0 aliphatic carbocycles. The molecule has 6 heteroatoms. The van der Waals surface area contributed by atoms with Crippen molar-refractivity contribution in [3.8, 4) is 0 Å². The number of likely N-dealkylation sites (N-methyl/N-ethyl adjacent to an activating group) is 1. The van der Waals surface area contributed by atoms with Gasteiger partial charge in [0.25, 0.3) is 5.56 Å². The molecule has 1 atom stereocenters. The minimum atomic E-state index is -0.0939. The fourth-order valence-electron chi connectivity index (χ4n) is 2.83. The molecule has 0 bridgehead atoms. The Balaban J connectivity index is 1.70. The zero-order valence-corrected chi connectivity index (χ0v) is 12.7. The van der Waals surface area contributed by atoms with Crippen LogP contribution in [0.15, 0.2) is 35.4 Å². The van der Waals surface area contributed by atoms with Gasteiger partial charge < -0.3 is 10.2 Å². The van der Waals surface area contributed by atoms with Crippen molar-refractivity contribution in [2.75, 3.05) is 20.1 Å². The maximum Gasteiger partial charge on any atom is 0.261 e. The Labute approximate surface area is 128 Å². The van der Waals surface area contributed by atoms with Crippen molar-refractivity contribution in [1.82, 2.24) is 19.8 Å². The van der Waals surface area contributed by atoms with Gasteiger partial charge in [0.2, 0.25) is 5.91 Å². The molecule has 1 aromatic carbocycles. The lowest BCUT2D eigenvalue weighted by Gasteiger charge is -2.23. The number of hydrogen-bond acceptors (Lipinski definition) is 4. The van der Waals surface area contributed by atoms with Gasteiger partial charge in [0.05, 0.1) is 17.2 Å². The van der Waals surface area contributed by atoms with E-state index in [0.29, 0.717) is 23.9 Å². The topological polar surface area (TPSA) is 67.2 Å². The number of nitrogens with zero attached hydrogens (tertiary/aromatic N) is 3. The zero-order valence-electron chi connectivity index (χ0n) is 12.7. The number of benzene rings is 1. The molecular weight excluding hydrogens is 280 g/mol. The molecular formula is C16H20N4O2. The molecule has 116 valence electrons. The minimum absolute atomic E-state index is 0.0637. The fraction of sp³-hybridized carbons (Fsp3) is 0.438. The van der Waals surface area contributed by atoms with Crippen molar-refractivity contribution >= 4 is 16.8 Å². The number of fused-ring (bicyclic) bond motifs is 1. The molecule has 2 aromatic rings. The van der Waals surface area contributed by atoms with E-state index in [1.54, 1.807) is 11.0 Å². The summed E-state index contributed by atoms with van der Waals surface area (Å²) in [6.45, 7) is 2.16. The molecule has 1 N–H and O–H groups in total. The minimum Gasteiger partial charge on any atom is -0.341 e. The molecule has 2 heterocycles. The molecule has 1 unspecified atom stereocenters. The highest BCUT2D eigenvalue weighted by atomic mass is 16.2. The second-order valence-corrected chi connectivity index (χ2v) is 5.66. The number of carbonyl (C=O) groups is 1. The average Bonchev–Trinajstić information content (AvgIpc) is 3.08. The van der Waals surface area contributed by atoms with Crippen LogP contribution in [0.25, 0.3) is 10.9 Å². The largest absolute Gasteiger partial charge is 0.341 e. The summed E-state index contributed by atoms with van der Waals surface area (Å²) < 4.78 is 1.51. The monoisotopic (exact) mass is 300 g/mol. The second-order valence-electron chi connectivity index (χ2n) is 5.66. The molecule has 3 rings (SSSR count). The number of hydrogen-bond donors (Lipinski definition) is 1. The maximum atomic E-state index is 12.4. The van der Waals surface area contributed by atoms with Gasteiger partial charge in [-0.15, -0.1) is 0 Å². The van der Waals surface area contributed by atoms with Crippen LogP contribution >= 0.6 is 0 Å². The molecule has 1 saturated heterocycles. The molecule has 22 heavy (non-hydrogen) atoms. The third-order valence-corrected chi connectivity index (χ3v) is 4.27. The SMILES string of the molecule is CN(C(=O)CCn1cnc2ccccc2c1=O)C1CCNC1. The summed E-state index contributed by atoms with van der Waals surface area (Å²) in [7, 11) is 1.83. The van der Waals surface area contributed by atoms with Crippen molar-refractivity contribution < 1.29 is 4.79 Å². The van der Waals surface area contributed by atoms with E-state index in [0.717, 1.165) is 19.5 Å². The third kappa shape index (κ3) is 2.87. The summed E-state index contributed by atoms with van der Waals surface area (Å²) in [5.74, 6) is 0.0637. The highest BCUT2D eigenvalue weighted by molar-refractivity contribution is 5.77. The summed E-state index contributed by atoms with van der Waals surface area (Å²) in [6, 6.07) is 7.51. The summed E-state index contributed by atoms with van der Waals surface area (Å²) in [6.07, 6.45) is 2.82. The van der Waals surface area contributed by atoms with Gasteiger partial charge in [0, 0.05) is 32.6 Å². The van der Waals surface area contributed by atoms with Crippen LogP contribution in [0.4, 0.5) is 0 Å². The highest BCUT2D eigenvalue weighted by Gasteiger charge is 2.22. The Hall–Kier alpha value is -2.21. The fourth-order valence-corrected chi connectivity index (χ4v) is 2.83. The molecule has 0 radical (unpaired) electrons. The van der Waals surface area contributed by atoms with E-state index >= 15 is 0 Å². The van der Waals surface area contributed by atoms with Crippen LogP contribution in [-0.2, 0) is 11.3 Å². The van der Waals surface area contributed by atoms with Crippen LogP contribution in [0, 0.1) is 0 Å². The van der Waals surface area contributed by atoms with Crippen LogP contribution in [-0.4, -0.2) is 46.5 Å². The molecule has 1 aliphatic heterocycles. The van der Waals surface area contributed by atoms with Gasteiger partial charge in [-0.05, 0) is 25.1 Å². The predicted molar refractivity (Wildman–Crippen MR) is 84.7 cm³/mol. The molecule has 1 aromatic heterocycles. The van der Waals surface area contributed by atoms with Crippen molar-refractivity contribution in [3.05, 3.63) is 40.9 Å². The van der Waals surface area contributed by atoms with E-state index < -0.39 is 0 Å². The predicted octanol–water partition coefficient (Wildman–Crippen LogP) is 0.607. The Morgan fingerprint density at radius 2 is 2.27 bits per heavy atom. The number of para-hydroxylation sites is 1. The van der Waals surface area contributed by atoms with Crippen LogP contribution in [0.2, 0.25) is 0 Å².